The van der Waals surface area contributed by atoms with Gasteiger partial charge in [-0.05, 0) is 60.5 Å². The van der Waals surface area contributed by atoms with Crippen molar-refractivity contribution in [1.82, 2.24) is 9.13 Å². The standard InChI is InChI=1S/C32H26N2/c1-4-11-24(5-2)34-30-15-10-8-13-26(30)28-20-22(17-19-31(28)34)23-16-18-27-25-12-7-9-14-29(25)33(6-3)32(27)21-23/h4-5,7-21H,1-2,6H2,3H3/b24-11+. The fraction of sp³-hybridized carbons (Fsp3) is 0.0625. The lowest BCUT2D eigenvalue weighted by atomic mass is 10.0. The number of rotatable bonds is 5. The molecule has 0 aliphatic carbocycles. The van der Waals surface area contributed by atoms with Crippen molar-refractivity contribution in [3.05, 3.63) is 116 Å². The van der Waals surface area contributed by atoms with Gasteiger partial charge in [-0.2, -0.15) is 0 Å². The van der Waals surface area contributed by atoms with Gasteiger partial charge in [0.25, 0.3) is 0 Å². The van der Waals surface area contributed by atoms with Gasteiger partial charge in [0.2, 0.25) is 0 Å². The molecule has 4 aromatic carbocycles. The Morgan fingerprint density at radius 2 is 1.29 bits per heavy atom. The first kappa shape index (κ1) is 20.3. The normalized spacial score (nSPS) is 12.2. The topological polar surface area (TPSA) is 9.86 Å². The highest BCUT2D eigenvalue weighted by Crippen LogP contribution is 2.37. The highest BCUT2D eigenvalue weighted by Gasteiger charge is 2.14. The molecular formula is C32H26N2. The summed E-state index contributed by atoms with van der Waals surface area (Å²) in [5, 5.41) is 5.10. The summed E-state index contributed by atoms with van der Waals surface area (Å²) in [5.74, 6) is 0. The van der Waals surface area contributed by atoms with Crippen LogP contribution in [-0.4, -0.2) is 9.13 Å². The molecule has 0 atom stereocenters. The summed E-state index contributed by atoms with van der Waals surface area (Å²) in [4.78, 5) is 0. The smallest absolute Gasteiger partial charge is 0.0541 e. The van der Waals surface area contributed by atoms with E-state index in [0.717, 1.165) is 12.2 Å². The minimum absolute atomic E-state index is 0.944. The Morgan fingerprint density at radius 1 is 0.676 bits per heavy atom. The van der Waals surface area contributed by atoms with E-state index in [1.165, 1.54) is 54.7 Å². The van der Waals surface area contributed by atoms with Gasteiger partial charge in [0.15, 0.2) is 0 Å². The monoisotopic (exact) mass is 438 g/mol. The van der Waals surface area contributed by atoms with Gasteiger partial charge in [-0.25, -0.2) is 0 Å². The highest BCUT2D eigenvalue weighted by atomic mass is 15.0. The van der Waals surface area contributed by atoms with Crippen molar-refractivity contribution >= 4 is 49.3 Å². The van der Waals surface area contributed by atoms with Crippen LogP contribution in [0.4, 0.5) is 0 Å². The van der Waals surface area contributed by atoms with Gasteiger partial charge >= 0.3 is 0 Å². The van der Waals surface area contributed by atoms with Crippen LogP contribution in [0.1, 0.15) is 6.92 Å². The number of hydrogen-bond acceptors (Lipinski definition) is 0. The third-order valence-corrected chi connectivity index (χ3v) is 6.85. The number of aromatic nitrogens is 2. The predicted octanol–water partition coefficient (Wildman–Crippen LogP) is 8.80. The van der Waals surface area contributed by atoms with E-state index in [1.54, 1.807) is 0 Å². The third kappa shape index (κ3) is 2.89. The molecule has 0 radical (unpaired) electrons. The molecule has 34 heavy (non-hydrogen) atoms. The molecule has 0 saturated carbocycles. The zero-order valence-corrected chi connectivity index (χ0v) is 19.3. The van der Waals surface area contributed by atoms with Crippen molar-refractivity contribution in [2.75, 3.05) is 0 Å². The summed E-state index contributed by atoms with van der Waals surface area (Å²) in [6.45, 7) is 11.1. The molecule has 2 heteroatoms. The average Bonchev–Trinajstić information content (AvgIpc) is 3.39. The molecule has 0 aliphatic heterocycles. The van der Waals surface area contributed by atoms with Crippen LogP contribution in [-0.2, 0) is 6.54 Å². The second kappa shape index (κ2) is 7.93. The Hall–Kier alpha value is -4.30. The number of para-hydroxylation sites is 2. The van der Waals surface area contributed by atoms with E-state index >= 15 is 0 Å². The molecule has 6 rings (SSSR count). The molecule has 164 valence electrons. The minimum atomic E-state index is 0.944. The quantitative estimate of drug-likeness (QED) is 0.238. The van der Waals surface area contributed by atoms with Crippen molar-refractivity contribution in [2.24, 2.45) is 0 Å². The molecule has 2 nitrogen and oxygen atoms in total. The van der Waals surface area contributed by atoms with E-state index in [1.807, 2.05) is 18.2 Å². The number of allylic oxidation sites excluding steroid dienone is 4. The molecule has 2 heterocycles. The van der Waals surface area contributed by atoms with Crippen molar-refractivity contribution in [2.45, 2.75) is 13.5 Å². The Bertz CT molecular complexity index is 1770. The van der Waals surface area contributed by atoms with Crippen LogP contribution in [0.15, 0.2) is 116 Å². The van der Waals surface area contributed by atoms with Gasteiger partial charge in [-0.3, -0.25) is 0 Å². The minimum Gasteiger partial charge on any atom is -0.341 e. The van der Waals surface area contributed by atoms with Gasteiger partial charge in [0, 0.05) is 44.8 Å². The van der Waals surface area contributed by atoms with Crippen molar-refractivity contribution in [1.29, 1.82) is 0 Å². The van der Waals surface area contributed by atoms with Crippen LogP contribution in [0, 0.1) is 0 Å². The van der Waals surface area contributed by atoms with Crippen LogP contribution >= 0.6 is 0 Å². The van der Waals surface area contributed by atoms with Crippen molar-refractivity contribution < 1.29 is 0 Å². The Kier molecular flexibility index (Phi) is 4.74. The Morgan fingerprint density at radius 3 is 2.03 bits per heavy atom. The molecule has 0 spiro atoms. The zero-order chi connectivity index (χ0) is 23.2. The molecule has 0 amide bonds. The van der Waals surface area contributed by atoms with E-state index in [2.05, 4.69) is 114 Å². The SMILES string of the molecule is C=C/C=C(\C=C)n1c2ccccc2c2cc(-c3ccc4c5ccccc5n(CC)c4c3)ccc21. The maximum atomic E-state index is 4.04. The second-order valence-electron chi connectivity index (χ2n) is 8.61. The molecule has 0 bridgehead atoms. The fourth-order valence-electron chi connectivity index (χ4n) is 5.35. The largest absolute Gasteiger partial charge is 0.341 e. The van der Waals surface area contributed by atoms with E-state index in [4.69, 9.17) is 0 Å². The maximum absolute atomic E-state index is 4.04. The Labute approximate surface area is 199 Å². The van der Waals surface area contributed by atoms with Gasteiger partial charge < -0.3 is 9.13 Å². The molecule has 6 aromatic rings. The highest BCUT2D eigenvalue weighted by molar-refractivity contribution is 6.12. The molecule has 0 aliphatic rings. The average molecular weight is 439 g/mol. The number of fused-ring (bicyclic) bond motifs is 6. The van der Waals surface area contributed by atoms with Crippen LogP contribution in [0.25, 0.3) is 60.4 Å². The number of nitrogens with zero attached hydrogens (tertiary/aromatic N) is 2. The van der Waals surface area contributed by atoms with E-state index < -0.39 is 0 Å². The first-order valence-electron chi connectivity index (χ1n) is 11.7. The lowest BCUT2D eigenvalue weighted by Gasteiger charge is -2.09. The van der Waals surface area contributed by atoms with Crippen LogP contribution in [0.5, 0.6) is 0 Å². The summed E-state index contributed by atoms with van der Waals surface area (Å²) in [5.41, 5.74) is 8.38. The van der Waals surface area contributed by atoms with Gasteiger partial charge in [0.1, 0.15) is 0 Å². The molecule has 0 saturated heterocycles. The van der Waals surface area contributed by atoms with E-state index in [-0.39, 0.29) is 0 Å². The third-order valence-electron chi connectivity index (χ3n) is 6.85. The molecular weight excluding hydrogens is 412 g/mol. The molecule has 0 N–H and O–H groups in total. The van der Waals surface area contributed by atoms with E-state index in [9.17, 15) is 0 Å². The van der Waals surface area contributed by atoms with Crippen LogP contribution < -0.4 is 0 Å². The summed E-state index contributed by atoms with van der Waals surface area (Å²) in [7, 11) is 0. The van der Waals surface area contributed by atoms with Gasteiger partial charge in [0.05, 0.1) is 11.0 Å². The van der Waals surface area contributed by atoms with E-state index in [0.29, 0.717) is 0 Å². The second-order valence-corrected chi connectivity index (χ2v) is 8.61. The van der Waals surface area contributed by atoms with Crippen molar-refractivity contribution in [3.8, 4) is 11.1 Å². The maximum Gasteiger partial charge on any atom is 0.0541 e. The summed E-state index contributed by atoms with van der Waals surface area (Å²) < 4.78 is 4.68. The molecule has 2 aromatic heterocycles. The molecule has 0 unspecified atom stereocenters. The van der Waals surface area contributed by atoms with Gasteiger partial charge in [-0.15, -0.1) is 0 Å². The fourth-order valence-corrected chi connectivity index (χ4v) is 5.35. The first-order valence-corrected chi connectivity index (χ1v) is 11.7. The van der Waals surface area contributed by atoms with Crippen LogP contribution in [0.2, 0.25) is 0 Å². The first-order chi connectivity index (χ1) is 16.7. The summed E-state index contributed by atoms with van der Waals surface area (Å²) in [6, 6.07) is 30.9. The van der Waals surface area contributed by atoms with Crippen molar-refractivity contribution in [3.63, 3.8) is 0 Å². The number of benzene rings is 4. The van der Waals surface area contributed by atoms with Crippen LogP contribution in [0.3, 0.4) is 0 Å². The Balaban J connectivity index is 1.61. The van der Waals surface area contributed by atoms with Gasteiger partial charge in [-0.1, -0.05) is 73.8 Å². The summed E-state index contributed by atoms with van der Waals surface area (Å²) >= 11 is 0. The lowest BCUT2D eigenvalue weighted by Crippen LogP contribution is -1.94. The molecule has 0 fully saturated rings. The summed E-state index contributed by atoms with van der Waals surface area (Å²) in [6.07, 6.45) is 5.71. The number of aryl methyl sites for hydroxylation is 1. The zero-order valence-electron chi connectivity index (χ0n) is 19.3. The predicted molar refractivity (Wildman–Crippen MR) is 148 cm³/mol. The lowest BCUT2D eigenvalue weighted by molar-refractivity contribution is 0.827. The number of hydrogen-bond donors (Lipinski definition) is 0.